The normalized spacial score (nSPS) is 25.1. The van der Waals surface area contributed by atoms with Crippen molar-refractivity contribution in [3.8, 4) is 0 Å². The van der Waals surface area contributed by atoms with Crippen LogP contribution >= 0.6 is 12.4 Å². The predicted molar refractivity (Wildman–Crippen MR) is 87.3 cm³/mol. The smallest absolute Gasteiger partial charge is 0.261 e. The fraction of sp³-hybridized carbons (Fsp3) is 0.500. The number of amides is 2. The first-order chi connectivity index (χ1) is 10.1. The van der Waals surface area contributed by atoms with E-state index in [1.165, 1.54) is 4.90 Å². The van der Waals surface area contributed by atoms with Crippen LogP contribution in [0.15, 0.2) is 24.3 Å². The summed E-state index contributed by atoms with van der Waals surface area (Å²) in [5.41, 5.74) is 7.06. The largest absolute Gasteiger partial charge is 0.327 e. The number of rotatable bonds is 3. The molecule has 2 atom stereocenters. The minimum Gasteiger partial charge on any atom is -0.327 e. The molecule has 2 aliphatic heterocycles. The van der Waals surface area contributed by atoms with E-state index in [1.807, 2.05) is 0 Å². The summed E-state index contributed by atoms with van der Waals surface area (Å²) in [5.74, 6) is 0.121. The summed E-state index contributed by atoms with van der Waals surface area (Å²) in [7, 11) is 0. The first-order valence-electron chi connectivity index (χ1n) is 7.51. The van der Waals surface area contributed by atoms with Crippen LogP contribution in [-0.4, -0.2) is 53.8 Å². The van der Waals surface area contributed by atoms with Crippen LogP contribution in [0.25, 0.3) is 0 Å². The average Bonchev–Trinajstić information content (AvgIpc) is 2.73. The van der Waals surface area contributed by atoms with Crippen molar-refractivity contribution in [2.24, 2.45) is 11.7 Å². The first-order valence-corrected chi connectivity index (χ1v) is 7.51. The highest BCUT2D eigenvalue weighted by Gasteiger charge is 2.35. The summed E-state index contributed by atoms with van der Waals surface area (Å²) in [6.07, 6.45) is 0.975. The number of piperidine rings is 1. The lowest BCUT2D eigenvalue weighted by Gasteiger charge is -2.35. The number of hydrogen-bond donors (Lipinski definition) is 1. The fourth-order valence-corrected chi connectivity index (χ4v) is 3.14. The summed E-state index contributed by atoms with van der Waals surface area (Å²) < 4.78 is 0. The third kappa shape index (κ3) is 3.02. The van der Waals surface area contributed by atoms with Gasteiger partial charge in [0.2, 0.25) is 0 Å². The Bertz CT molecular complexity index is 543. The molecule has 0 radical (unpaired) electrons. The standard InChI is InChI=1S/C16H21N3O2.ClH/c1-11-10-18(7-6-14(11)17)8-9-19-15(20)12-4-2-3-5-13(12)16(19)21;/h2-5,11,14H,6-10,17H2,1H3;1H. The van der Waals surface area contributed by atoms with Gasteiger partial charge in [0.15, 0.2) is 0 Å². The number of carbonyl (C=O) groups excluding carboxylic acids is 2. The molecule has 0 bridgehead atoms. The van der Waals surface area contributed by atoms with Crippen LogP contribution in [0.5, 0.6) is 0 Å². The van der Waals surface area contributed by atoms with Crippen molar-refractivity contribution in [2.45, 2.75) is 19.4 Å². The third-order valence-electron chi connectivity index (χ3n) is 4.57. The molecule has 2 N–H and O–H groups in total. The molecule has 120 valence electrons. The molecule has 6 heteroatoms. The Morgan fingerprint density at radius 2 is 1.73 bits per heavy atom. The van der Waals surface area contributed by atoms with Crippen LogP contribution < -0.4 is 5.73 Å². The van der Waals surface area contributed by atoms with E-state index < -0.39 is 0 Å². The second kappa shape index (κ2) is 6.77. The van der Waals surface area contributed by atoms with Gasteiger partial charge in [0.1, 0.15) is 0 Å². The number of imide groups is 1. The zero-order valence-corrected chi connectivity index (χ0v) is 13.5. The van der Waals surface area contributed by atoms with Gasteiger partial charge in [-0.1, -0.05) is 19.1 Å². The number of hydrogen-bond acceptors (Lipinski definition) is 4. The molecular formula is C16H22ClN3O2. The third-order valence-corrected chi connectivity index (χ3v) is 4.57. The monoisotopic (exact) mass is 323 g/mol. The maximum absolute atomic E-state index is 12.3. The van der Waals surface area contributed by atoms with Crippen molar-refractivity contribution in [3.05, 3.63) is 35.4 Å². The Balaban J connectivity index is 0.00000176. The van der Waals surface area contributed by atoms with Gasteiger partial charge in [0.05, 0.1) is 11.1 Å². The number of likely N-dealkylation sites (tertiary alicyclic amines) is 1. The molecule has 0 saturated carbocycles. The Kier molecular flexibility index (Phi) is 5.21. The Morgan fingerprint density at radius 1 is 1.14 bits per heavy atom. The van der Waals surface area contributed by atoms with E-state index in [9.17, 15) is 9.59 Å². The highest BCUT2D eigenvalue weighted by molar-refractivity contribution is 6.21. The number of nitrogens with two attached hydrogens (primary N) is 1. The van der Waals surface area contributed by atoms with Gasteiger partial charge >= 0.3 is 0 Å². The van der Waals surface area contributed by atoms with Crippen molar-refractivity contribution in [1.29, 1.82) is 0 Å². The molecule has 1 aromatic rings. The molecule has 3 rings (SSSR count). The van der Waals surface area contributed by atoms with E-state index in [0.29, 0.717) is 23.6 Å². The molecule has 1 aromatic carbocycles. The second-order valence-electron chi connectivity index (χ2n) is 6.04. The highest BCUT2D eigenvalue weighted by Crippen LogP contribution is 2.22. The highest BCUT2D eigenvalue weighted by atomic mass is 35.5. The minimum atomic E-state index is -0.169. The van der Waals surface area contributed by atoms with Crippen LogP contribution in [0, 0.1) is 5.92 Å². The number of benzene rings is 1. The van der Waals surface area contributed by atoms with E-state index >= 15 is 0 Å². The molecule has 22 heavy (non-hydrogen) atoms. The van der Waals surface area contributed by atoms with Gasteiger partial charge in [0.25, 0.3) is 11.8 Å². The lowest BCUT2D eigenvalue weighted by atomic mass is 9.95. The van der Waals surface area contributed by atoms with Crippen molar-refractivity contribution in [2.75, 3.05) is 26.2 Å². The molecule has 2 aliphatic rings. The average molecular weight is 324 g/mol. The van der Waals surface area contributed by atoms with Gasteiger partial charge < -0.3 is 10.6 Å². The van der Waals surface area contributed by atoms with Gasteiger partial charge in [-0.3, -0.25) is 14.5 Å². The van der Waals surface area contributed by atoms with E-state index in [1.54, 1.807) is 24.3 Å². The summed E-state index contributed by atoms with van der Waals surface area (Å²) in [6, 6.07) is 7.29. The zero-order chi connectivity index (χ0) is 15.0. The molecule has 1 fully saturated rings. The summed E-state index contributed by atoms with van der Waals surface area (Å²) in [6.45, 7) is 5.20. The number of fused-ring (bicyclic) bond motifs is 1. The predicted octanol–water partition coefficient (Wildman–Crippen LogP) is 1.37. The number of carbonyl (C=O) groups is 2. The molecule has 2 unspecified atom stereocenters. The van der Waals surface area contributed by atoms with Gasteiger partial charge in [-0.05, 0) is 31.0 Å². The number of halogens is 1. The van der Waals surface area contributed by atoms with E-state index in [0.717, 1.165) is 26.1 Å². The molecule has 5 nitrogen and oxygen atoms in total. The fourth-order valence-electron chi connectivity index (χ4n) is 3.14. The topological polar surface area (TPSA) is 66.6 Å². The molecular weight excluding hydrogens is 302 g/mol. The van der Waals surface area contributed by atoms with Crippen LogP contribution in [0.3, 0.4) is 0 Å². The van der Waals surface area contributed by atoms with Crippen LogP contribution in [-0.2, 0) is 0 Å². The summed E-state index contributed by atoms with van der Waals surface area (Å²) in [4.78, 5) is 28.2. The molecule has 0 aromatic heterocycles. The maximum atomic E-state index is 12.3. The number of nitrogens with zero attached hydrogens (tertiary/aromatic N) is 2. The van der Waals surface area contributed by atoms with E-state index in [2.05, 4.69) is 11.8 Å². The van der Waals surface area contributed by atoms with Crippen molar-refractivity contribution < 1.29 is 9.59 Å². The molecule has 0 aliphatic carbocycles. The van der Waals surface area contributed by atoms with Crippen LogP contribution in [0.1, 0.15) is 34.1 Å². The van der Waals surface area contributed by atoms with E-state index in [4.69, 9.17) is 5.73 Å². The van der Waals surface area contributed by atoms with Gasteiger partial charge in [-0.25, -0.2) is 0 Å². The maximum Gasteiger partial charge on any atom is 0.261 e. The SMILES string of the molecule is CC1CN(CCN2C(=O)c3ccccc3C2=O)CCC1N.Cl. The molecule has 2 heterocycles. The lowest BCUT2D eigenvalue weighted by Crippen LogP contribution is -2.48. The van der Waals surface area contributed by atoms with Crippen molar-refractivity contribution in [3.63, 3.8) is 0 Å². The van der Waals surface area contributed by atoms with Crippen molar-refractivity contribution in [1.82, 2.24) is 9.80 Å². The van der Waals surface area contributed by atoms with Gasteiger partial charge in [-0.15, -0.1) is 12.4 Å². The molecule has 2 amide bonds. The second-order valence-corrected chi connectivity index (χ2v) is 6.04. The molecule has 1 saturated heterocycles. The molecule has 0 spiro atoms. The van der Waals surface area contributed by atoms with Crippen LogP contribution in [0.4, 0.5) is 0 Å². The summed E-state index contributed by atoms with van der Waals surface area (Å²) in [5, 5.41) is 0. The zero-order valence-electron chi connectivity index (χ0n) is 12.7. The quantitative estimate of drug-likeness (QED) is 0.853. The summed E-state index contributed by atoms with van der Waals surface area (Å²) >= 11 is 0. The van der Waals surface area contributed by atoms with Gasteiger partial charge in [-0.2, -0.15) is 0 Å². The first kappa shape index (κ1) is 16.9. The van der Waals surface area contributed by atoms with E-state index in [-0.39, 0.29) is 30.3 Å². The lowest BCUT2D eigenvalue weighted by molar-refractivity contribution is 0.0621. The van der Waals surface area contributed by atoms with Crippen molar-refractivity contribution >= 4 is 24.2 Å². The Hall–Kier alpha value is -1.43. The Labute approximate surface area is 136 Å². The van der Waals surface area contributed by atoms with Crippen LogP contribution in [0.2, 0.25) is 0 Å². The Morgan fingerprint density at radius 3 is 2.27 bits per heavy atom. The van der Waals surface area contributed by atoms with Gasteiger partial charge in [0, 0.05) is 25.7 Å². The minimum absolute atomic E-state index is 0.